The molecule has 0 bridgehead atoms. The first kappa shape index (κ1) is 16.1. The van der Waals surface area contributed by atoms with Crippen LogP contribution < -0.4 is 14.8 Å². The van der Waals surface area contributed by atoms with Crippen LogP contribution in [-0.4, -0.2) is 52.1 Å². The molecule has 6 nitrogen and oxygen atoms in total. The average molecular weight is 314 g/mol. The lowest BCUT2D eigenvalue weighted by Crippen LogP contribution is -2.57. The molecule has 0 radical (unpaired) electrons. The van der Waals surface area contributed by atoms with Gasteiger partial charge in [-0.1, -0.05) is 0 Å². The van der Waals surface area contributed by atoms with Crippen LogP contribution in [0.1, 0.15) is 13.8 Å². The van der Waals surface area contributed by atoms with Crippen molar-refractivity contribution >= 4 is 10.0 Å². The Labute approximate surface area is 126 Å². The molecule has 0 aliphatic carbocycles. The van der Waals surface area contributed by atoms with Gasteiger partial charge in [-0.3, -0.25) is 0 Å². The molecule has 0 aromatic heterocycles. The van der Waals surface area contributed by atoms with E-state index in [0.717, 1.165) is 0 Å². The minimum Gasteiger partial charge on any atom is -0.493 e. The molecule has 7 heteroatoms. The number of nitrogens with zero attached hydrogens (tertiary/aromatic N) is 1. The van der Waals surface area contributed by atoms with Crippen molar-refractivity contribution in [2.45, 2.75) is 30.8 Å². The minimum absolute atomic E-state index is 0.0909. The molecule has 1 fully saturated rings. The van der Waals surface area contributed by atoms with Crippen LogP contribution in [0.3, 0.4) is 0 Å². The highest BCUT2D eigenvalue weighted by Gasteiger charge is 2.36. The third kappa shape index (κ3) is 3.00. The molecule has 0 spiro atoms. The number of ether oxygens (including phenoxy) is 2. The zero-order valence-electron chi connectivity index (χ0n) is 12.8. The maximum Gasteiger partial charge on any atom is 0.243 e. The lowest BCUT2D eigenvalue weighted by atomic mass is 10.2. The van der Waals surface area contributed by atoms with Crippen LogP contribution >= 0.6 is 0 Å². The second-order valence-corrected chi connectivity index (χ2v) is 7.05. The molecule has 0 amide bonds. The summed E-state index contributed by atoms with van der Waals surface area (Å²) in [5.41, 5.74) is 0. The van der Waals surface area contributed by atoms with Gasteiger partial charge in [-0.15, -0.1) is 0 Å². The average Bonchev–Trinajstić information content (AvgIpc) is 2.46. The van der Waals surface area contributed by atoms with Gasteiger partial charge in [0.15, 0.2) is 11.5 Å². The number of nitrogens with one attached hydrogen (secondary N) is 1. The number of methoxy groups -OCH3 is 2. The minimum atomic E-state index is -3.56. The van der Waals surface area contributed by atoms with E-state index >= 15 is 0 Å². The third-order valence-electron chi connectivity index (χ3n) is 3.68. The molecule has 1 heterocycles. The highest BCUT2D eigenvalue weighted by molar-refractivity contribution is 7.89. The van der Waals surface area contributed by atoms with Gasteiger partial charge in [-0.25, -0.2) is 8.42 Å². The van der Waals surface area contributed by atoms with Crippen molar-refractivity contribution in [3.8, 4) is 11.5 Å². The van der Waals surface area contributed by atoms with E-state index in [9.17, 15) is 8.42 Å². The molecule has 1 aliphatic rings. The smallest absolute Gasteiger partial charge is 0.243 e. The zero-order valence-corrected chi connectivity index (χ0v) is 13.6. The highest BCUT2D eigenvalue weighted by atomic mass is 32.2. The maximum absolute atomic E-state index is 12.9. The number of rotatable bonds is 4. The molecule has 1 N–H and O–H groups in total. The van der Waals surface area contributed by atoms with Crippen LogP contribution in [0.5, 0.6) is 11.5 Å². The van der Waals surface area contributed by atoms with Crippen molar-refractivity contribution < 1.29 is 17.9 Å². The van der Waals surface area contributed by atoms with E-state index in [-0.39, 0.29) is 17.0 Å². The fourth-order valence-corrected chi connectivity index (χ4v) is 4.52. The summed E-state index contributed by atoms with van der Waals surface area (Å²) in [5.74, 6) is 0.923. The normalized spacial score (nSPS) is 23.8. The fourth-order valence-electron chi connectivity index (χ4n) is 2.69. The second kappa shape index (κ2) is 6.21. The fraction of sp³-hybridized carbons (Fsp3) is 0.571. The molecular weight excluding hydrogens is 292 g/mol. The monoisotopic (exact) mass is 314 g/mol. The molecule has 2 atom stereocenters. The van der Waals surface area contributed by atoms with Crippen molar-refractivity contribution in [3.63, 3.8) is 0 Å². The SMILES string of the molecule is COc1ccc(S(=O)(=O)N2C(C)CNCC2C)cc1OC. The Morgan fingerprint density at radius 2 is 1.67 bits per heavy atom. The number of hydrogen-bond donors (Lipinski definition) is 1. The number of benzene rings is 1. The van der Waals surface area contributed by atoms with Crippen molar-refractivity contribution in [3.05, 3.63) is 18.2 Å². The number of hydrogen-bond acceptors (Lipinski definition) is 5. The predicted molar refractivity (Wildman–Crippen MR) is 80.4 cm³/mol. The lowest BCUT2D eigenvalue weighted by molar-refractivity contribution is 0.220. The van der Waals surface area contributed by atoms with Crippen LogP contribution in [0.4, 0.5) is 0 Å². The zero-order chi connectivity index (χ0) is 15.6. The van der Waals surface area contributed by atoms with Gasteiger partial charge in [0.25, 0.3) is 0 Å². The first-order valence-electron chi connectivity index (χ1n) is 6.88. The van der Waals surface area contributed by atoms with Gasteiger partial charge in [-0.2, -0.15) is 4.31 Å². The standard InChI is InChI=1S/C14H22N2O4S/c1-10-8-15-9-11(2)16(10)21(17,18)12-5-6-13(19-3)14(7-12)20-4/h5-7,10-11,15H,8-9H2,1-4H3. The van der Waals surface area contributed by atoms with Crippen LogP contribution in [0.15, 0.2) is 23.1 Å². The van der Waals surface area contributed by atoms with Gasteiger partial charge in [0.2, 0.25) is 10.0 Å². The molecular formula is C14H22N2O4S. The van der Waals surface area contributed by atoms with Gasteiger partial charge in [0.1, 0.15) is 0 Å². The summed E-state index contributed by atoms with van der Waals surface area (Å²) >= 11 is 0. The summed E-state index contributed by atoms with van der Waals surface area (Å²) in [5, 5.41) is 3.23. The molecule has 1 aromatic rings. The highest BCUT2D eigenvalue weighted by Crippen LogP contribution is 2.32. The summed E-state index contributed by atoms with van der Waals surface area (Å²) in [6.07, 6.45) is 0. The lowest BCUT2D eigenvalue weighted by Gasteiger charge is -2.38. The summed E-state index contributed by atoms with van der Waals surface area (Å²) in [6.45, 7) is 5.11. The van der Waals surface area contributed by atoms with Gasteiger partial charge < -0.3 is 14.8 Å². The molecule has 0 saturated carbocycles. The molecule has 118 valence electrons. The predicted octanol–water partition coefficient (Wildman–Crippen LogP) is 1.07. The van der Waals surface area contributed by atoms with Gasteiger partial charge >= 0.3 is 0 Å². The van der Waals surface area contributed by atoms with E-state index in [1.165, 1.54) is 20.3 Å². The Hall–Kier alpha value is -1.31. The third-order valence-corrected chi connectivity index (χ3v) is 5.80. The molecule has 2 unspecified atom stereocenters. The van der Waals surface area contributed by atoms with Crippen molar-refractivity contribution in [1.82, 2.24) is 9.62 Å². The maximum atomic E-state index is 12.9. The number of sulfonamides is 1. The molecule has 1 saturated heterocycles. The van der Waals surface area contributed by atoms with E-state index in [2.05, 4.69) is 5.32 Å². The topological polar surface area (TPSA) is 67.9 Å². The summed E-state index contributed by atoms with van der Waals surface area (Å²) in [6, 6.07) is 4.50. The summed E-state index contributed by atoms with van der Waals surface area (Å²) in [4.78, 5) is 0.223. The molecule has 1 aromatic carbocycles. The Bertz CT molecular complexity index is 593. The Balaban J connectivity index is 2.43. The Morgan fingerprint density at radius 1 is 1.10 bits per heavy atom. The van der Waals surface area contributed by atoms with E-state index in [4.69, 9.17) is 9.47 Å². The summed E-state index contributed by atoms with van der Waals surface area (Å²) < 4.78 is 37.7. The van der Waals surface area contributed by atoms with Gasteiger partial charge in [0, 0.05) is 31.2 Å². The van der Waals surface area contributed by atoms with E-state index in [1.54, 1.807) is 16.4 Å². The van der Waals surface area contributed by atoms with Crippen molar-refractivity contribution in [2.24, 2.45) is 0 Å². The Kier molecular flexibility index (Phi) is 4.75. The van der Waals surface area contributed by atoms with Gasteiger partial charge in [0.05, 0.1) is 19.1 Å². The second-order valence-electron chi connectivity index (χ2n) is 5.21. The number of piperazine rings is 1. The van der Waals surface area contributed by atoms with Crippen LogP contribution in [0.2, 0.25) is 0 Å². The largest absolute Gasteiger partial charge is 0.493 e. The molecule has 2 rings (SSSR count). The van der Waals surface area contributed by atoms with Crippen molar-refractivity contribution in [1.29, 1.82) is 0 Å². The van der Waals surface area contributed by atoms with Crippen LogP contribution in [0, 0.1) is 0 Å². The Morgan fingerprint density at radius 3 is 2.19 bits per heavy atom. The molecule has 1 aliphatic heterocycles. The van der Waals surface area contributed by atoms with Gasteiger partial charge in [-0.05, 0) is 26.0 Å². The van der Waals surface area contributed by atoms with Crippen molar-refractivity contribution in [2.75, 3.05) is 27.3 Å². The van der Waals surface area contributed by atoms with Crippen LogP contribution in [-0.2, 0) is 10.0 Å². The van der Waals surface area contributed by atoms with E-state index in [1.807, 2.05) is 13.8 Å². The molecule has 21 heavy (non-hydrogen) atoms. The van der Waals surface area contributed by atoms with E-state index < -0.39 is 10.0 Å². The first-order valence-corrected chi connectivity index (χ1v) is 8.32. The van der Waals surface area contributed by atoms with E-state index in [0.29, 0.717) is 24.6 Å². The van der Waals surface area contributed by atoms with Crippen LogP contribution in [0.25, 0.3) is 0 Å². The first-order chi connectivity index (χ1) is 9.91. The summed E-state index contributed by atoms with van der Waals surface area (Å²) in [7, 11) is -0.549. The quantitative estimate of drug-likeness (QED) is 0.900.